The van der Waals surface area contributed by atoms with E-state index in [0.717, 1.165) is 6.07 Å². The highest BCUT2D eigenvalue weighted by Gasteiger charge is 2.46. The Morgan fingerprint density at radius 1 is 1.12 bits per heavy atom. The highest BCUT2D eigenvalue weighted by atomic mass is 35.5. The molecule has 4 heterocycles. The molecule has 228 valence electrons. The molecule has 3 saturated heterocycles. The van der Waals surface area contributed by atoms with Crippen LogP contribution in [0, 0.1) is 0 Å². The summed E-state index contributed by atoms with van der Waals surface area (Å²) < 4.78 is 69.4. The van der Waals surface area contributed by atoms with Crippen molar-refractivity contribution in [3.63, 3.8) is 0 Å². The summed E-state index contributed by atoms with van der Waals surface area (Å²) in [5, 5.41) is 18.9. The van der Waals surface area contributed by atoms with Crippen molar-refractivity contribution in [2.75, 3.05) is 68.8 Å². The topological polar surface area (TPSA) is 136 Å². The molecule has 2 N–H and O–H groups in total. The first-order valence-corrected chi connectivity index (χ1v) is 15.3. The Labute approximate surface area is 247 Å². The normalized spacial score (nSPS) is 22.9. The molecule has 0 radical (unpaired) electrons. The van der Waals surface area contributed by atoms with Gasteiger partial charge in [-0.25, -0.2) is 18.2 Å². The summed E-state index contributed by atoms with van der Waals surface area (Å²) in [7, 11) is -4.77. The fraction of sp³-hybridized carbons (Fsp3) is 0.520. The van der Waals surface area contributed by atoms with E-state index in [0.29, 0.717) is 12.2 Å². The van der Waals surface area contributed by atoms with Crippen LogP contribution >= 0.6 is 11.6 Å². The number of morpholine rings is 1. The number of carbonyl (C=O) groups excluding carboxylic acids is 1. The minimum Gasteiger partial charge on any atom is -0.441 e. The van der Waals surface area contributed by atoms with Gasteiger partial charge < -0.3 is 29.3 Å². The molecule has 12 nitrogen and oxygen atoms in total. The number of ether oxygens (including phenoxy) is 2. The summed E-state index contributed by atoms with van der Waals surface area (Å²) in [6, 6.07) is 8.12. The van der Waals surface area contributed by atoms with Crippen molar-refractivity contribution in [1.82, 2.24) is 14.1 Å². The molecule has 1 aromatic heterocycles. The van der Waals surface area contributed by atoms with Gasteiger partial charge in [0.05, 0.1) is 24.7 Å². The lowest BCUT2D eigenvalue weighted by molar-refractivity contribution is -0.164. The number of aliphatic hydroxyl groups is 1. The Bertz CT molecular complexity index is 1400. The van der Waals surface area contributed by atoms with Crippen molar-refractivity contribution in [3.8, 4) is 0 Å². The first-order valence-electron chi connectivity index (χ1n) is 13.4. The first-order chi connectivity index (χ1) is 19.9. The smallest absolute Gasteiger partial charge is 0.414 e. The quantitative estimate of drug-likeness (QED) is 0.326. The molecule has 0 bridgehead atoms. The van der Waals surface area contributed by atoms with Crippen LogP contribution in [0.3, 0.4) is 0 Å². The van der Waals surface area contributed by atoms with Crippen LogP contribution in [-0.2, 0) is 25.4 Å². The number of cyclic esters (lactones) is 1. The van der Waals surface area contributed by atoms with Crippen LogP contribution in [-0.4, -0.2) is 117 Å². The Kier molecular flexibility index (Phi) is 8.95. The van der Waals surface area contributed by atoms with Crippen LogP contribution in [0.4, 0.5) is 25.1 Å². The molecule has 2 aromatic rings. The fourth-order valence-corrected chi connectivity index (χ4v) is 6.81. The van der Waals surface area contributed by atoms with Crippen LogP contribution in [0.2, 0.25) is 12.0 Å². The Morgan fingerprint density at radius 2 is 1.81 bits per heavy atom. The van der Waals surface area contributed by atoms with Gasteiger partial charge in [-0.05, 0) is 43.2 Å². The highest BCUT2D eigenvalue weighted by Crippen LogP contribution is 2.38. The predicted molar refractivity (Wildman–Crippen MR) is 150 cm³/mol. The third kappa shape index (κ3) is 6.20. The number of anilines is 2. The van der Waals surface area contributed by atoms with Gasteiger partial charge in [0.25, 0.3) is 5.92 Å². The number of hydrogen-bond acceptors (Lipinski definition) is 10. The molecule has 3 aliphatic heterocycles. The van der Waals surface area contributed by atoms with Gasteiger partial charge in [0.1, 0.15) is 23.2 Å². The molecule has 1 amide bonds. The largest absolute Gasteiger partial charge is 0.441 e. The number of hydrogen-bond donors (Lipinski definition) is 2. The zero-order valence-electron chi connectivity index (χ0n) is 22.8. The van der Waals surface area contributed by atoms with E-state index in [1.807, 2.05) is 0 Å². The maximum atomic E-state index is 15.5. The lowest BCUT2D eigenvalue weighted by atomic mass is 9.83. The second kappa shape index (κ2) is 12.2. The third-order valence-electron chi connectivity index (χ3n) is 7.62. The van der Waals surface area contributed by atoms with Crippen molar-refractivity contribution in [2.45, 2.75) is 29.8 Å². The Morgan fingerprint density at radius 3 is 2.43 bits per heavy atom. The number of carbonyl (C=O) groups is 1. The molecule has 1 unspecified atom stereocenters. The number of aromatic nitrogens is 1. The molecule has 3 aliphatic rings. The number of rotatable bonds is 8. The number of halogens is 3. The second-order valence-corrected chi connectivity index (χ2v) is 12.7. The standard InChI is InChI=1S/C25H31BClF2N5O7S/c1-26(37)32-10-11-40-21(15-32)25(28,29)17-12-22(27)30-23(13-17)31-6-8-33(9-7-31)42(38,39)20-4-2-18(3-5-20)34-14-19(16-35)41-24(34)36/h2-5,12-13,19,21,35,37H,6-11,14-16H2,1H3/t19?,21-/m0/s1. The third-order valence-corrected chi connectivity index (χ3v) is 9.73. The van der Waals surface area contributed by atoms with Crippen LogP contribution in [0.5, 0.6) is 0 Å². The van der Waals surface area contributed by atoms with Crippen molar-refractivity contribution in [2.24, 2.45) is 0 Å². The van der Waals surface area contributed by atoms with E-state index in [2.05, 4.69) is 4.98 Å². The molecule has 0 aliphatic carbocycles. The molecule has 0 saturated carbocycles. The summed E-state index contributed by atoms with van der Waals surface area (Å²) in [5.74, 6) is -3.22. The second-order valence-electron chi connectivity index (χ2n) is 10.3. The fourth-order valence-electron chi connectivity index (χ4n) is 5.18. The van der Waals surface area contributed by atoms with Gasteiger partial charge in [-0.2, -0.15) is 13.1 Å². The summed E-state index contributed by atoms with van der Waals surface area (Å²) in [5.41, 5.74) is 0.0637. The number of piperazine rings is 1. The van der Waals surface area contributed by atoms with E-state index < -0.39 is 41.3 Å². The number of amides is 1. The minimum absolute atomic E-state index is 0.0347. The number of nitrogens with zero attached hydrogens (tertiary/aromatic N) is 5. The molecule has 1 aromatic carbocycles. The average molecular weight is 630 g/mol. The maximum absolute atomic E-state index is 15.5. The monoisotopic (exact) mass is 629 g/mol. The van der Waals surface area contributed by atoms with Crippen molar-refractivity contribution >= 4 is 46.3 Å². The zero-order valence-corrected chi connectivity index (χ0v) is 24.3. The van der Waals surface area contributed by atoms with Crippen molar-refractivity contribution in [3.05, 3.63) is 47.1 Å². The zero-order chi connectivity index (χ0) is 30.2. The van der Waals surface area contributed by atoms with Gasteiger partial charge in [0, 0.05) is 50.5 Å². The molecule has 42 heavy (non-hydrogen) atoms. The van der Waals surface area contributed by atoms with Gasteiger partial charge in [0.15, 0.2) is 0 Å². The van der Waals surface area contributed by atoms with E-state index in [4.69, 9.17) is 21.1 Å². The number of pyridine rings is 1. The van der Waals surface area contributed by atoms with Gasteiger partial charge >= 0.3 is 13.1 Å². The minimum atomic E-state index is -3.88. The van der Waals surface area contributed by atoms with Crippen LogP contribution in [0.1, 0.15) is 5.56 Å². The molecule has 17 heteroatoms. The first kappa shape index (κ1) is 30.8. The predicted octanol–water partition coefficient (Wildman–Crippen LogP) is 1.47. The summed E-state index contributed by atoms with van der Waals surface area (Å²) in [4.78, 5) is 20.8. The van der Waals surface area contributed by atoms with Gasteiger partial charge in [0.2, 0.25) is 10.0 Å². The highest BCUT2D eigenvalue weighted by molar-refractivity contribution is 7.89. The van der Waals surface area contributed by atoms with Gasteiger partial charge in [-0.3, -0.25) is 4.90 Å². The van der Waals surface area contributed by atoms with E-state index in [1.165, 1.54) is 51.2 Å². The summed E-state index contributed by atoms with van der Waals surface area (Å²) >= 11 is 6.15. The SMILES string of the molecule is CB(O)N1CCO[C@H](C(F)(F)c2cc(Cl)nc(N3CCN(S(=O)(=O)c4ccc(N5CC(CO)OC5=O)cc4)CC3)c2)C1. The maximum Gasteiger partial charge on any atom is 0.414 e. The number of aliphatic hydroxyl groups excluding tert-OH is 1. The van der Waals surface area contributed by atoms with Crippen molar-refractivity contribution in [1.29, 1.82) is 0 Å². The Hall–Kier alpha value is -2.60. The van der Waals surface area contributed by atoms with Crippen LogP contribution in [0.15, 0.2) is 41.3 Å². The molecule has 3 fully saturated rings. The molecular formula is C25H31BClF2N5O7S. The van der Waals surface area contributed by atoms with E-state index in [1.54, 1.807) is 4.90 Å². The lowest BCUT2D eigenvalue weighted by Gasteiger charge is -2.38. The van der Waals surface area contributed by atoms with Gasteiger partial charge in [-0.15, -0.1) is 0 Å². The van der Waals surface area contributed by atoms with Crippen LogP contribution < -0.4 is 9.80 Å². The van der Waals surface area contributed by atoms with E-state index in [9.17, 15) is 23.3 Å². The Balaban J connectivity index is 1.25. The number of alkyl halides is 2. The van der Waals surface area contributed by atoms with E-state index in [-0.39, 0.29) is 73.9 Å². The lowest BCUT2D eigenvalue weighted by Crippen LogP contribution is -2.53. The van der Waals surface area contributed by atoms with Gasteiger partial charge in [-0.1, -0.05) is 11.6 Å². The molecule has 5 rings (SSSR count). The number of sulfonamides is 1. The molecule has 0 spiro atoms. The average Bonchev–Trinajstić information content (AvgIpc) is 3.37. The molecule has 2 atom stereocenters. The summed E-state index contributed by atoms with van der Waals surface area (Å²) in [6.07, 6.45) is -2.76. The van der Waals surface area contributed by atoms with Crippen molar-refractivity contribution < 1.29 is 41.6 Å². The molecular weight excluding hydrogens is 599 g/mol. The van der Waals surface area contributed by atoms with Crippen LogP contribution in [0.25, 0.3) is 0 Å². The van der Waals surface area contributed by atoms with E-state index >= 15 is 8.78 Å². The summed E-state index contributed by atoms with van der Waals surface area (Å²) in [6.45, 7) is 2.11. The number of benzene rings is 1.